The molecule has 0 saturated carbocycles. The van der Waals surface area contributed by atoms with Crippen LogP contribution in [0.5, 0.6) is 0 Å². The second-order valence-electron chi connectivity index (χ2n) is 15.2. The quantitative estimate of drug-likeness (QED) is 0.146. The zero-order chi connectivity index (χ0) is 31.8. The van der Waals surface area contributed by atoms with E-state index in [0.717, 1.165) is 12.8 Å². The lowest BCUT2D eigenvalue weighted by molar-refractivity contribution is -0.758. The predicted molar refractivity (Wildman–Crippen MR) is 191 cm³/mol. The Kier molecular flexibility index (Phi) is 6.68. The number of anilines is 3. The van der Waals surface area contributed by atoms with E-state index in [4.69, 9.17) is 0 Å². The zero-order valence-corrected chi connectivity index (χ0v) is 28.3. The molecule has 1 aliphatic heterocycles. The van der Waals surface area contributed by atoms with E-state index < -0.39 is 0 Å². The minimum absolute atomic E-state index is 0.0245. The number of fused-ring (bicyclic) bond motifs is 8. The van der Waals surface area contributed by atoms with Gasteiger partial charge in [0.15, 0.2) is 11.7 Å². The zero-order valence-electron chi connectivity index (χ0n) is 28.3. The van der Waals surface area contributed by atoms with Crippen LogP contribution in [0.4, 0.5) is 17.1 Å². The number of allylic oxidation sites excluding steroid dienone is 2. The summed E-state index contributed by atoms with van der Waals surface area (Å²) in [5, 5.41) is 2.60. The lowest BCUT2D eigenvalue weighted by atomic mass is 9.52. The van der Waals surface area contributed by atoms with Gasteiger partial charge in [-0.1, -0.05) is 110 Å². The van der Waals surface area contributed by atoms with Gasteiger partial charge in [-0.15, -0.1) is 0 Å². The van der Waals surface area contributed by atoms with E-state index in [1.54, 1.807) is 0 Å². The molecule has 2 aliphatic rings. The highest BCUT2D eigenvalue weighted by atomic mass is 15.1. The fourth-order valence-electron chi connectivity index (χ4n) is 8.06. The molecule has 0 spiro atoms. The predicted octanol–water partition coefficient (Wildman–Crippen LogP) is 11.2. The molecular weight excluding hydrogens is 544 g/mol. The Morgan fingerprint density at radius 2 is 1.20 bits per heavy atom. The van der Waals surface area contributed by atoms with Gasteiger partial charge in [0, 0.05) is 29.5 Å². The monoisotopic (exact) mass is 591 g/mol. The van der Waals surface area contributed by atoms with Gasteiger partial charge in [-0.3, -0.25) is 0 Å². The molecule has 1 aliphatic carbocycles. The highest BCUT2D eigenvalue weighted by molar-refractivity contribution is 5.96. The van der Waals surface area contributed by atoms with E-state index in [1.165, 1.54) is 55.8 Å². The molecule has 0 fully saturated rings. The molecule has 0 bridgehead atoms. The molecule has 5 aromatic rings. The molecule has 2 heteroatoms. The maximum Gasteiger partial charge on any atom is 0.221 e. The number of pyridine rings is 1. The summed E-state index contributed by atoms with van der Waals surface area (Å²) in [5.41, 5.74) is 10.4. The van der Waals surface area contributed by atoms with Crippen molar-refractivity contribution in [1.29, 1.82) is 0 Å². The maximum atomic E-state index is 2.60. The molecule has 0 radical (unpaired) electrons. The van der Waals surface area contributed by atoms with Gasteiger partial charge >= 0.3 is 0 Å². The molecule has 2 unspecified atom stereocenters. The van der Waals surface area contributed by atoms with Crippen LogP contribution in [-0.2, 0) is 21.8 Å². The van der Waals surface area contributed by atoms with E-state index in [0.29, 0.717) is 0 Å². The molecule has 7 rings (SSSR count). The van der Waals surface area contributed by atoms with Gasteiger partial charge in [0.25, 0.3) is 0 Å². The fraction of sp³-hybridized carbons (Fsp3) is 0.326. The van der Waals surface area contributed by atoms with Crippen molar-refractivity contribution in [2.45, 2.75) is 90.0 Å². The lowest BCUT2D eigenvalue weighted by Crippen LogP contribution is -2.72. The highest BCUT2D eigenvalue weighted by Gasteiger charge is 2.64. The van der Waals surface area contributed by atoms with Gasteiger partial charge < -0.3 is 4.90 Å². The second-order valence-corrected chi connectivity index (χ2v) is 15.2. The summed E-state index contributed by atoms with van der Waals surface area (Å²) in [6, 6.07) is 36.8. The van der Waals surface area contributed by atoms with E-state index in [2.05, 4.69) is 180 Å². The van der Waals surface area contributed by atoms with Crippen LogP contribution in [0, 0.1) is 0 Å². The SMILES string of the molecule is CCC12C=CC1(CC)[n+]1ccc3ccccc3c1-c1cc(N(c3ccc(C(C)(C)C)cc3)c3ccc(C(C)(C)C)cc3)ccc12. The summed E-state index contributed by atoms with van der Waals surface area (Å²) in [6.07, 6.45) is 9.41. The summed E-state index contributed by atoms with van der Waals surface area (Å²) in [4.78, 5) is 2.44. The average Bonchev–Trinajstić information content (AvgIpc) is 3.01. The van der Waals surface area contributed by atoms with Crippen LogP contribution in [-0.4, -0.2) is 0 Å². The normalized spacial score (nSPS) is 20.3. The second kappa shape index (κ2) is 10.2. The molecule has 4 aromatic carbocycles. The molecule has 45 heavy (non-hydrogen) atoms. The molecule has 228 valence electrons. The largest absolute Gasteiger partial charge is 0.310 e. The van der Waals surface area contributed by atoms with Gasteiger partial charge in [-0.2, -0.15) is 4.57 Å². The van der Waals surface area contributed by atoms with Gasteiger partial charge in [0.05, 0.1) is 16.4 Å². The van der Waals surface area contributed by atoms with E-state index in [1.807, 2.05) is 0 Å². The number of hydrogen-bond donors (Lipinski definition) is 0. The van der Waals surface area contributed by atoms with E-state index in [-0.39, 0.29) is 21.8 Å². The number of rotatable bonds is 5. The van der Waals surface area contributed by atoms with Gasteiger partial charge in [-0.05, 0) is 87.9 Å². The number of benzene rings is 4. The molecular formula is C43H47N2+. The maximum absolute atomic E-state index is 2.60. The third-order valence-electron chi connectivity index (χ3n) is 10.8. The van der Waals surface area contributed by atoms with E-state index in [9.17, 15) is 0 Å². The molecule has 2 atom stereocenters. The molecule has 1 aromatic heterocycles. The Morgan fingerprint density at radius 3 is 1.71 bits per heavy atom. The smallest absolute Gasteiger partial charge is 0.221 e. The number of nitrogens with zero attached hydrogens (tertiary/aromatic N) is 2. The Morgan fingerprint density at radius 1 is 0.622 bits per heavy atom. The van der Waals surface area contributed by atoms with Crippen LogP contribution in [0.15, 0.2) is 115 Å². The lowest BCUT2D eigenvalue weighted by Gasteiger charge is -2.52. The summed E-state index contributed by atoms with van der Waals surface area (Å²) in [5.74, 6) is 0. The van der Waals surface area contributed by atoms with Crippen LogP contribution >= 0.6 is 0 Å². The van der Waals surface area contributed by atoms with Crippen molar-refractivity contribution in [1.82, 2.24) is 0 Å². The first-order valence-corrected chi connectivity index (χ1v) is 16.7. The van der Waals surface area contributed by atoms with Crippen molar-refractivity contribution < 1.29 is 4.57 Å². The summed E-state index contributed by atoms with van der Waals surface area (Å²) < 4.78 is 2.60. The third-order valence-corrected chi connectivity index (χ3v) is 10.8. The molecule has 0 saturated heterocycles. The third kappa shape index (κ3) is 4.32. The Labute approximate surface area is 270 Å². The molecule has 0 N–H and O–H groups in total. The molecule has 2 nitrogen and oxygen atoms in total. The number of aromatic nitrogens is 1. The minimum atomic E-state index is -0.0547. The van der Waals surface area contributed by atoms with Crippen LogP contribution in [0.1, 0.15) is 84.9 Å². The van der Waals surface area contributed by atoms with Crippen molar-refractivity contribution >= 4 is 27.8 Å². The van der Waals surface area contributed by atoms with E-state index >= 15 is 0 Å². The Bertz CT molecular complexity index is 1870. The topological polar surface area (TPSA) is 7.12 Å². The van der Waals surface area contributed by atoms with Crippen LogP contribution < -0.4 is 9.47 Å². The standard InChI is InChI=1S/C43H47N2/c1-9-42-26-27-43(42,10-2)44-28-25-30-13-11-12-14-36(30)39(44)37-29-35(23-24-38(37)42)45(33-19-15-31(16-20-33)40(3,4)5)34-21-17-32(18-22-34)41(6,7)8/h11-29H,9-10H2,1-8H3/q+1. The molecule has 0 amide bonds. The Balaban J connectivity index is 1.48. The van der Waals surface area contributed by atoms with Crippen molar-refractivity contribution in [3.8, 4) is 11.3 Å². The summed E-state index contributed by atoms with van der Waals surface area (Å²) in [7, 11) is 0. The van der Waals surface area contributed by atoms with Crippen molar-refractivity contribution in [3.63, 3.8) is 0 Å². The van der Waals surface area contributed by atoms with Crippen LogP contribution in [0.3, 0.4) is 0 Å². The first kappa shape index (κ1) is 29.5. The van der Waals surface area contributed by atoms with Crippen molar-refractivity contribution in [2.75, 3.05) is 4.90 Å². The fourth-order valence-corrected chi connectivity index (χ4v) is 8.06. The van der Waals surface area contributed by atoms with Crippen molar-refractivity contribution in [2.24, 2.45) is 0 Å². The summed E-state index contributed by atoms with van der Waals surface area (Å²) in [6.45, 7) is 18.4. The van der Waals surface area contributed by atoms with Crippen LogP contribution in [0.25, 0.3) is 22.0 Å². The minimum Gasteiger partial charge on any atom is -0.310 e. The molecule has 2 heterocycles. The Hall–Kier alpha value is -4.17. The highest BCUT2D eigenvalue weighted by Crippen LogP contribution is 2.58. The van der Waals surface area contributed by atoms with Crippen molar-refractivity contribution in [3.05, 3.63) is 132 Å². The van der Waals surface area contributed by atoms with Crippen LogP contribution in [0.2, 0.25) is 0 Å². The summed E-state index contributed by atoms with van der Waals surface area (Å²) >= 11 is 0. The van der Waals surface area contributed by atoms with Gasteiger partial charge in [-0.25, -0.2) is 0 Å². The number of hydrogen-bond acceptors (Lipinski definition) is 1. The first-order valence-electron chi connectivity index (χ1n) is 16.7. The first-order chi connectivity index (χ1) is 21.4. The van der Waals surface area contributed by atoms with Gasteiger partial charge in [0.2, 0.25) is 5.69 Å². The van der Waals surface area contributed by atoms with Gasteiger partial charge in [0.1, 0.15) is 0 Å². The average molecular weight is 592 g/mol.